The van der Waals surface area contributed by atoms with E-state index in [0.717, 1.165) is 25.3 Å². The minimum absolute atomic E-state index is 0.0323. The van der Waals surface area contributed by atoms with Gasteiger partial charge in [-0.3, -0.25) is 20.3 Å². The Hall–Kier alpha value is -2.58. The first-order valence-electron chi connectivity index (χ1n) is 7.83. The van der Waals surface area contributed by atoms with Gasteiger partial charge >= 0.3 is 5.97 Å². The average Bonchev–Trinajstić information content (AvgIpc) is 2.97. The molecule has 2 N–H and O–H groups in total. The Bertz CT molecular complexity index is 1020. The van der Waals surface area contributed by atoms with Crippen LogP contribution in [0, 0.1) is 16.0 Å². The lowest BCUT2D eigenvalue weighted by Gasteiger charge is -2.11. The first-order valence-corrected chi connectivity index (χ1v) is 11.1. The number of nitro benzene ring substituents is 1. The lowest BCUT2D eigenvalue weighted by Crippen LogP contribution is -2.42. The first-order chi connectivity index (χ1) is 12.9. The van der Waals surface area contributed by atoms with Gasteiger partial charge in [0.2, 0.25) is 5.91 Å². The van der Waals surface area contributed by atoms with E-state index >= 15 is 0 Å². The standard InChI is InChI=1S/C14H17N3O9S2/c1-26-14(19)10-2-3-12(11(7-10)17(20)21)28(24,25)16-15-13(18)6-9-4-5-27(22,23)8-9/h2-3,7,9,16H,4-6,8H2,1H3,(H,15,18)/t9-/m1/s1. The average molecular weight is 435 g/mol. The van der Waals surface area contributed by atoms with E-state index in [0.29, 0.717) is 6.42 Å². The Morgan fingerprint density at radius 3 is 2.57 bits per heavy atom. The van der Waals surface area contributed by atoms with E-state index in [-0.39, 0.29) is 23.5 Å². The van der Waals surface area contributed by atoms with Gasteiger partial charge in [0.15, 0.2) is 14.7 Å². The summed E-state index contributed by atoms with van der Waals surface area (Å²) in [4.78, 5) is 34.5. The molecule has 1 aliphatic rings. The van der Waals surface area contributed by atoms with E-state index in [1.165, 1.54) is 0 Å². The summed E-state index contributed by atoms with van der Waals surface area (Å²) in [5.41, 5.74) is 0.799. The number of methoxy groups -OCH3 is 1. The number of sulfone groups is 1. The number of sulfonamides is 1. The van der Waals surface area contributed by atoms with Gasteiger partial charge in [0.25, 0.3) is 15.7 Å². The second-order valence-corrected chi connectivity index (χ2v) is 9.94. The van der Waals surface area contributed by atoms with Crippen molar-refractivity contribution in [2.45, 2.75) is 17.7 Å². The molecule has 1 heterocycles. The van der Waals surface area contributed by atoms with Gasteiger partial charge in [-0.1, -0.05) is 0 Å². The quantitative estimate of drug-likeness (QED) is 0.325. The molecule has 0 aromatic heterocycles. The molecule has 0 bridgehead atoms. The number of rotatable bonds is 7. The molecule has 0 unspecified atom stereocenters. The minimum Gasteiger partial charge on any atom is -0.465 e. The number of hydrazine groups is 1. The fourth-order valence-electron chi connectivity index (χ4n) is 2.66. The number of nitrogens with zero attached hydrogens (tertiary/aromatic N) is 1. The third-order valence-corrected chi connectivity index (χ3v) is 7.12. The predicted molar refractivity (Wildman–Crippen MR) is 94.3 cm³/mol. The van der Waals surface area contributed by atoms with Gasteiger partial charge < -0.3 is 4.74 Å². The molecule has 0 saturated carbocycles. The number of amides is 1. The Morgan fingerprint density at radius 2 is 2.04 bits per heavy atom. The molecule has 12 nitrogen and oxygen atoms in total. The molecule has 14 heteroatoms. The summed E-state index contributed by atoms with van der Waals surface area (Å²) < 4.78 is 51.8. The van der Waals surface area contributed by atoms with E-state index in [1.807, 2.05) is 5.43 Å². The SMILES string of the molecule is COC(=O)c1ccc(S(=O)(=O)NNC(=O)C[C@H]2CCS(=O)(=O)C2)c([N+](=O)[O-])c1. The molecule has 1 aromatic rings. The number of hydrogen-bond donors (Lipinski definition) is 2. The van der Waals surface area contributed by atoms with Crippen LogP contribution in [0.3, 0.4) is 0 Å². The fourth-order valence-corrected chi connectivity index (χ4v) is 5.53. The minimum atomic E-state index is -4.53. The molecule has 1 amide bonds. The molecule has 2 rings (SSSR count). The van der Waals surface area contributed by atoms with E-state index in [1.54, 1.807) is 4.83 Å². The highest BCUT2D eigenvalue weighted by atomic mass is 32.2. The highest BCUT2D eigenvalue weighted by Crippen LogP contribution is 2.25. The summed E-state index contributed by atoms with van der Waals surface area (Å²) in [6.07, 6.45) is 0.0775. The zero-order valence-corrected chi connectivity index (χ0v) is 16.2. The summed E-state index contributed by atoms with van der Waals surface area (Å²) in [7, 11) is -6.66. The van der Waals surface area contributed by atoms with E-state index in [9.17, 15) is 36.5 Å². The van der Waals surface area contributed by atoms with Crippen LogP contribution in [-0.4, -0.2) is 52.3 Å². The number of benzene rings is 1. The number of esters is 1. The first kappa shape index (κ1) is 21.7. The maximum Gasteiger partial charge on any atom is 0.338 e. The number of hydrogen-bond acceptors (Lipinski definition) is 9. The Morgan fingerprint density at radius 1 is 1.36 bits per heavy atom. The van der Waals surface area contributed by atoms with Crippen LogP contribution in [0.25, 0.3) is 0 Å². The molecular formula is C14H17N3O9S2. The Balaban J connectivity index is 2.12. The van der Waals surface area contributed by atoms with Crippen molar-refractivity contribution in [3.05, 3.63) is 33.9 Å². The maximum atomic E-state index is 12.3. The van der Waals surface area contributed by atoms with Crippen LogP contribution in [0.2, 0.25) is 0 Å². The lowest BCUT2D eigenvalue weighted by molar-refractivity contribution is -0.387. The van der Waals surface area contributed by atoms with Gasteiger partial charge in [-0.25, -0.2) is 21.6 Å². The summed E-state index contributed by atoms with van der Waals surface area (Å²) in [5.74, 6) is -2.29. The topological polar surface area (TPSA) is 179 Å². The molecule has 1 atom stereocenters. The third kappa shape index (κ3) is 5.24. The number of carbonyl (C=O) groups excluding carboxylic acids is 2. The maximum absolute atomic E-state index is 12.3. The lowest BCUT2D eigenvalue weighted by atomic mass is 10.1. The molecule has 1 fully saturated rings. The summed E-state index contributed by atoms with van der Waals surface area (Å²) >= 11 is 0. The Labute approximate surface area is 160 Å². The van der Waals surface area contributed by atoms with Crippen molar-refractivity contribution in [3.63, 3.8) is 0 Å². The van der Waals surface area contributed by atoms with Crippen LogP contribution >= 0.6 is 0 Å². The predicted octanol–water partition coefficient (Wildman–Crippen LogP) is -0.484. The van der Waals surface area contributed by atoms with Crippen LogP contribution in [0.1, 0.15) is 23.2 Å². The van der Waals surface area contributed by atoms with E-state index in [4.69, 9.17) is 0 Å². The second-order valence-electron chi connectivity index (χ2n) is 6.06. The second kappa shape index (κ2) is 8.20. The van der Waals surface area contributed by atoms with Gasteiger partial charge in [0.1, 0.15) is 0 Å². The molecule has 1 aromatic carbocycles. The molecule has 0 spiro atoms. The smallest absolute Gasteiger partial charge is 0.338 e. The van der Waals surface area contributed by atoms with Gasteiger partial charge in [-0.2, -0.15) is 0 Å². The number of carbonyl (C=O) groups is 2. The summed E-state index contributed by atoms with van der Waals surface area (Å²) in [5, 5.41) is 11.2. The van der Waals surface area contributed by atoms with E-state index in [2.05, 4.69) is 4.74 Å². The van der Waals surface area contributed by atoms with Gasteiger partial charge in [-0.15, -0.1) is 4.83 Å². The molecule has 0 radical (unpaired) electrons. The van der Waals surface area contributed by atoms with Gasteiger partial charge in [-0.05, 0) is 24.5 Å². The highest BCUT2D eigenvalue weighted by molar-refractivity contribution is 7.91. The van der Waals surface area contributed by atoms with Crippen molar-refractivity contribution < 1.29 is 36.1 Å². The van der Waals surface area contributed by atoms with E-state index < -0.39 is 53.2 Å². The summed E-state index contributed by atoms with van der Waals surface area (Å²) in [6, 6.07) is 2.60. The van der Waals surface area contributed by atoms with Crippen LogP contribution in [0.5, 0.6) is 0 Å². The van der Waals surface area contributed by atoms with Gasteiger partial charge in [0.05, 0.1) is 29.1 Å². The van der Waals surface area contributed by atoms with Crippen LogP contribution in [0.15, 0.2) is 23.1 Å². The number of nitrogens with one attached hydrogen (secondary N) is 2. The normalized spacial score (nSPS) is 18.4. The van der Waals surface area contributed by atoms with Crippen LogP contribution in [-0.2, 0) is 29.4 Å². The molecule has 154 valence electrons. The fraction of sp³-hybridized carbons (Fsp3) is 0.429. The molecule has 1 aliphatic heterocycles. The highest BCUT2D eigenvalue weighted by Gasteiger charge is 2.31. The summed E-state index contributed by atoms with van der Waals surface area (Å²) in [6.45, 7) is 0. The molecule has 0 aliphatic carbocycles. The van der Waals surface area contributed by atoms with Gasteiger partial charge in [0, 0.05) is 12.5 Å². The molecule has 28 heavy (non-hydrogen) atoms. The monoisotopic (exact) mass is 435 g/mol. The zero-order chi connectivity index (χ0) is 21.1. The van der Waals surface area contributed by atoms with Crippen LogP contribution < -0.4 is 10.3 Å². The van der Waals surface area contributed by atoms with Crippen molar-refractivity contribution >= 4 is 37.4 Å². The number of nitro groups is 1. The van der Waals surface area contributed by atoms with Crippen molar-refractivity contribution in [1.29, 1.82) is 0 Å². The molecular weight excluding hydrogens is 418 g/mol. The van der Waals surface area contributed by atoms with Crippen LogP contribution in [0.4, 0.5) is 5.69 Å². The van der Waals surface area contributed by atoms with Crippen molar-refractivity contribution in [3.8, 4) is 0 Å². The zero-order valence-electron chi connectivity index (χ0n) is 14.6. The van der Waals surface area contributed by atoms with Crippen molar-refractivity contribution in [2.24, 2.45) is 5.92 Å². The Kier molecular flexibility index (Phi) is 6.36. The van der Waals surface area contributed by atoms with Crippen molar-refractivity contribution in [2.75, 3.05) is 18.6 Å². The molecule has 1 saturated heterocycles. The largest absolute Gasteiger partial charge is 0.465 e. The third-order valence-electron chi connectivity index (χ3n) is 3.99. The van der Waals surface area contributed by atoms with Crippen molar-refractivity contribution in [1.82, 2.24) is 10.3 Å². The number of ether oxygens (including phenoxy) is 1.